The maximum Gasteiger partial charge on any atom is 0.240 e. The Labute approximate surface area is 138 Å². The van der Waals surface area contributed by atoms with Crippen LogP contribution in [0.4, 0.5) is 0 Å². The smallest absolute Gasteiger partial charge is 0.240 e. The van der Waals surface area contributed by atoms with Crippen molar-refractivity contribution in [3.63, 3.8) is 0 Å². The Bertz CT molecular complexity index is 705. The Balaban J connectivity index is 1.87. The lowest BCUT2D eigenvalue weighted by atomic mass is 9.96. The summed E-state index contributed by atoms with van der Waals surface area (Å²) in [5, 5.41) is 3.15. The van der Waals surface area contributed by atoms with Gasteiger partial charge in [0.15, 0.2) is 0 Å². The van der Waals surface area contributed by atoms with Gasteiger partial charge in [-0.05, 0) is 31.0 Å². The van der Waals surface area contributed by atoms with Crippen molar-refractivity contribution >= 4 is 20.0 Å². The standard InChI is InChI=1S/C14H23N3O4S2/c1-12-7-8-15-11-14(12)17-22(18,19)10-9-16-23(20,21)13-5-3-2-4-6-13/h2-6,12,14-17H,7-11H2,1H3. The fourth-order valence-electron chi connectivity index (χ4n) is 2.43. The van der Waals surface area contributed by atoms with Gasteiger partial charge < -0.3 is 5.32 Å². The van der Waals surface area contributed by atoms with Crippen molar-refractivity contribution in [2.45, 2.75) is 24.3 Å². The highest BCUT2D eigenvalue weighted by Gasteiger charge is 2.25. The van der Waals surface area contributed by atoms with E-state index in [9.17, 15) is 16.8 Å². The van der Waals surface area contributed by atoms with Gasteiger partial charge in [-0.15, -0.1) is 0 Å². The molecule has 3 N–H and O–H groups in total. The molecule has 130 valence electrons. The number of sulfonamides is 2. The molecule has 1 heterocycles. The van der Waals surface area contributed by atoms with Gasteiger partial charge in [0.25, 0.3) is 0 Å². The van der Waals surface area contributed by atoms with Gasteiger partial charge in [-0.2, -0.15) is 0 Å². The summed E-state index contributed by atoms with van der Waals surface area (Å²) in [5.74, 6) is -0.0329. The quantitative estimate of drug-likeness (QED) is 0.628. The van der Waals surface area contributed by atoms with E-state index in [-0.39, 0.29) is 29.2 Å². The van der Waals surface area contributed by atoms with Crippen LogP contribution in [0.5, 0.6) is 0 Å². The Morgan fingerprint density at radius 1 is 1.17 bits per heavy atom. The minimum atomic E-state index is -3.68. The first kappa shape index (κ1) is 18.3. The molecule has 1 fully saturated rings. The summed E-state index contributed by atoms with van der Waals surface area (Å²) in [6.07, 6.45) is 0.911. The zero-order valence-corrected chi connectivity index (χ0v) is 14.7. The van der Waals surface area contributed by atoms with Crippen LogP contribution in [0.25, 0.3) is 0 Å². The molecule has 2 atom stereocenters. The molecule has 1 aliphatic heterocycles. The zero-order valence-electron chi connectivity index (χ0n) is 13.0. The van der Waals surface area contributed by atoms with E-state index in [1.54, 1.807) is 18.2 Å². The summed E-state index contributed by atoms with van der Waals surface area (Å²) in [7, 11) is -7.22. The largest absolute Gasteiger partial charge is 0.315 e. The van der Waals surface area contributed by atoms with Crippen LogP contribution in [0.1, 0.15) is 13.3 Å². The number of rotatable bonds is 7. The van der Waals surface area contributed by atoms with Gasteiger partial charge >= 0.3 is 0 Å². The third-order valence-electron chi connectivity index (χ3n) is 3.87. The third-order valence-corrected chi connectivity index (χ3v) is 6.76. The molecule has 2 unspecified atom stereocenters. The Morgan fingerprint density at radius 2 is 1.87 bits per heavy atom. The lowest BCUT2D eigenvalue weighted by Crippen LogP contribution is -2.51. The van der Waals surface area contributed by atoms with Crippen LogP contribution in [0.15, 0.2) is 35.2 Å². The van der Waals surface area contributed by atoms with E-state index >= 15 is 0 Å². The van der Waals surface area contributed by atoms with E-state index in [2.05, 4.69) is 14.8 Å². The van der Waals surface area contributed by atoms with Crippen LogP contribution in [-0.2, 0) is 20.0 Å². The predicted octanol–water partition coefficient (Wildman–Crippen LogP) is -0.118. The van der Waals surface area contributed by atoms with E-state index in [0.29, 0.717) is 6.54 Å². The minimum absolute atomic E-state index is 0.121. The van der Waals surface area contributed by atoms with Crippen molar-refractivity contribution in [2.75, 3.05) is 25.4 Å². The maximum absolute atomic E-state index is 12.1. The number of hydrogen-bond donors (Lipinski definition) is 3. The van der Waals surface area contributed by atoms with Crippen molar-refractivity contribution in [3.8, 4) is 0 Å². The highest BCUT2D eigenvalue weighted by Crippen LogP contribution is 2.12. The first-order chi connectivity index (χ1) is 10.8. The van der Waals surface area contributed by atoms with Gasteiger partial charge in [-0.1, -0.05) is 25.1 Å². The fourth-order valence-corrected chi connectivity index (χ4v) is 4.88. The van der Waals surface area contributed by atoms with Gasteiger partial charge in [0.1, 0.15) is 0 Å². The second kappa shape index (κ2) is 7.71. The number of piperidine rings is 1. The third kappa shape index (κ3) is 5.54. The average molecular weight is 361 g/mol. The molecule has 1 aliphatic rings. The van der Waals surface area contributed by atoms with E-state index in [1.807, 2.05) is 6.92 Å². The molecule has 0 radical (unpaired) electrons. The summed E-state index contributed by atoms with van der Waals surface area (Å²) >= 11 is 0. The second-order valence-corrected chi connectivity index (χ2v) is 9.36. The van der Waals surface area contributed by atoms with E-state index in [4.69, 9.17) is 0 Å². The van der Waals surface area contributed by atoms with Crippen LogP contribution < -0.4 is 14.8 Å². The second-order valence-electron chi connectivity index (χ2n) is 5.72. The summed E-state index contributed by atoms with van der Waals surface area (Å²) in [6.45, 7) is 3.32. The zero-order chi connectivity index (χ0) is 16.9. The maximum atomic E-state index is 12.1. The molecule has 2 rings (SSSR count). The lowest BCUT2D eigenvalue weighted by molar-refractivity contribution is 0.327. The number of benzene rings is 1. The van der Waals surface area contributed by atoms with Gasteiger partial charge in [0, 0.05) is 19.1 Å². The Morgan fingerprint density at radius 3 is 2.52 bits per heavy atom. The summed E-state index contributed by atoms with van der Waals surface area (Å²) in [4.78, 5) is 0.121. The molecular formula is C14H23N3O4S2. The molecule has 0 spiro atoms. The average Bonchev–Trinajstić information content (AvgIpc) is 2.50. The summed E-state index contributed by atoms with van der Waals surface area (Å²) in [5.41, 5.74) is 0. The topological polar surface area (TPSA) is 104 Å². The SMILES string of the molecule is CC1CCNCC1NS(=O)(=O)CCNS(=O)(=O)c1ccccc1. The monoisotopic (exact) mass is 361 g/mol. The fraction of sp³-hybridized carbons (Fsp3) is 0.571. The van der Waals surface area contributed by atoms with Crippen molar-refractivity contribution in [1.82, 2.24) is 14.8 Å². The highest BCUT2D eigenvalue weighted by atomic mass is 32.2. The molecule has 1 saturated heterocycles. The molecule has 0 bridgehead atoms. The van der Waals surface area contributed by atoms with Crippen LogP contribution in [-0.4, -0.2) is 48.3 Å². The van der Waals surface area contributed by atoms with E-state index in [1.165, 1.54) is 12.1 Å². The van der Waals surface area contributed by atoms with E-state index < -0.39 is 20.0 Å². The predicted molar refractivity (Wildman–Crippen MR) is 89.0 cm³/mol. The lowest BCUT2D eigenvalue weighted by Gasteiger charge is -2.29. The van der Waals surface area contributed by atoms with Gasteiger partial charge in [0.05, 0.1) is 10.6 Å². The molecule has 1 aromatic carbocycles. The molecular weight excluding hydrogens is 338 g/mol. The minimum Gasteiger partial charge on any atom is -0.315 e. The summed E-state index contributed by atoms with van der Waals surface area (Å²) < 4.78 is 53.2. The molecule has 1 aromatic rings. The normalized spacial score (nSPS) is 22.8. The molecule has 0 aromatic heterocycles. The molecule has 9 heteroatoms. The van der Waals surface area contributed by atoms with Crippen molar-refractivity contribution in [2.24, 2.45) is 5.92 Å². The Hall–Kier alpha value is -1.00. The van der Waals surface area contributed by atoms with Gasteiger partial charge in [-0.3, -0.25) is 0 Å². The number of nitrogens with one attached hydrogen (secondary N) is 3. The number of hydrogen-bond acceptors (Lipinski definition) is 5. The van der Waals surface area contributed by atoms with Crippen LogP contribution in [0.2, 0.25) is 0 Å². The molecule has 0 amide bonds. The van der Waals surface area contributed by atoms with Crippen molar-refractivity contribution in [3.05, 3.63) is 30.3 Å². The van der Waals surface area contributed by atoms with Gasteiger partial charge in [0.2, 0.25) is 20.0 Å². The molecule has 0 saturated carbocycles. The van der Waals surface area contributed by atoms with Crippen molar-refractivity contribution in [1.29, 1.82) is 0 Å². The van der Waals surface area contributed by atoms with Crippen LogP contribution >= 0.6 is 0 Å². The van der Waals surface area contributed by atoms with E-state index in [0.717, 1.165) is 13.0 Å². The summed E-state index contributed by atoms with van der Waals surface area (Å²) in [6, 6.07) is 7.72. The first-order valence-electron chi connectivity index (χ1n) is 7.55. The van der Waals surface area contributed by atoms with Crippen LogP contribution in [0.3, 0.4) is 0 Å². The first-order valence-corrected chi connectivity index (χ1v) is 10.7. The molecule has 7 nitrogen and oxygen atoms in total. The van der Waals surface area contributed by atoms with Crippen LogP contribution in [0, 0.1) is 5.92 Å². The molecule has 0 aliphatic carbocycles. The van der Waals surface area contributed by atoms with Crippen molar-refractivity contribution < 1.29 is 16.8 Å². The highest BCUT2D eigenvalue weighted by molar-refractivity contribution is 7.90. The van der Waals surface area contributed by atoms with Gasteiger partial charge in [-0.25, -0.2) is 26.3 Å². The molecule has 23 heavy (non-hydrogen) atoms. The Kier molecular flexibility index (Phi) is 6.15.